The maximum absolute atomic E-state index is 12.3. The first-order valence-corrected chi connectivity index (χ1v) is 7.87. The molecule has 1 aromatic carbocycles. The minimum Gasteiger partial charge on any atom is -0.346 e. The van der Waals surface area contributed by atoms with Gasteiger partial charge in [-0.05, 0) is 35.6 Å². The van der Waals surface area contributed by atoms with E-state index in [0.29, 0.717) is 17.8 Å². The highest BCUT2D eigenvalue weighted by atomic mass is 16.1. The van der Waals surface area contributed by atoms with Gasteiger partial charge >= 0.3 is 0 Å². The van der Waals surface area contributed by atoms with Crippen molar-refractivity contribution in [1.82, 2.24) is 10.3 Å². The number of nitrogens with zero attached hydrogens (tertiary/aromatic N) is 1. The van der Waals surface area contributed by atoms with Gasteiger partial charge in [-0.3, -0.25) is 9.78 Å². The summed E-state index contributed by atoms with van der Waals surface area (Å²) < 4.78 is 0. The third kappa shape index (κ3) is 4.39. The van der Waals surface area contributed by atoms with Crippen molar-refractivity contribution in [1.29, 1.82) is 0 Å². The molecule has 122 valence electrons. The molecule has 4 heteroatoms. The van der Waals surface area contributed by atoms with E-state index in [1.54, 1.807) is 18.3 Å². The predicted octanol–water partition coefficient (Wildman–Crippen LogP) is 3.33. The van der Waals surface area contributed by atoms with Crippen LogP contribution in [0, 0.1) is 0 Å². The van der Waals surface area contributed by atoms with E-state index in [1.165, 1.54) is 5.56 Å². The van der Waals surface area contributed by atoms with Crippen LogP contribution in [-0.2, 0) is 12.0 Å². The normalized spacial score (nSPS) is 12.7. The zero-order chi connectivity index (χ0) is 17.0. The fourth-order valence-electron chi connectivity index (χ4n) is 2.37. The lowest BCUT2D eigenvalue weighted by Crippen LogP contribution is -2.27. The van der Waals surface area contributed by atoms with Gasteiger partial charge < -0.3 is 11.1 Å². The molecule has 0 radical (unpaired) electrons. The van der Waals surface area contributed by atoms with Gasteiger partial charge in [0.15, 0.2) is 0 Å². The second kappa shape index (κ2) is 6.92. The van der Waals surface area contributed by atoms with Gasteiger partial charge in [0.05, 0.1) is 11.7 Å². The average Bonchev–Trinajstić information content (AvgIpc) is 2.54. The van der Waals surface area contributed by atoms with Crippen molar-refractivity contribution in [3.05, 3.63) is 65.0 Å². The van der Waals surface area contributed by atoms with Crippen LogP contribution in [-0.4, -0.2) is 10.9 Å². The molecule has 1 aromatic heterocycles. The van der Waals surface area contributed by atoms with E-state index in [-0.39, 0.29) is 17.4 Å². The van der Waals surface area contributed by atoms with Crippen molar-refractivity contribution < 1.29 is 4.79 Å². The van der Waals surface area contributed by atoms with Crippen molar-refractivity contribution in [2.24, 2.45) is 5.73 Å². The van der Waals surface area contributed by atoms with Crippen molar-refractivity contribution in [2.75, 3.05) is 0 Å². The molecule has 0 aliphatic rings. The Kier molecular flexibility index (Phi) is 5.16. The van der Waals surface area contributed by atoms with Gasteiger partial charge in [0.25, 0.3) is 5.91 Å². The smallest absolute Gasteiger partial charge is 0.251 e. The number of nitrogens with one attached hydrogen (secondary N) is 1. The molecule has 1 heterocycles. The lowest BCUT2D eigenvalue weighted by molar-refractivity contribution is 0.0939. The maximum Gasteiger partial charge on any atom is 0.251 e. The zero-order valence-electron chi connectivity index (χ0n) is 14.3. The number of benzene rings is 1. The number of nitrogens with two attached hydrogens (primary N) is 1. The number of hydrogen-bond donors (Lipinski definition) is 2. The molecule has 2 aromatic rings. The second-order valence-electron chi connectivity index (χ2n) is 6.81. The van der Waals surface area contributed by atoms with Gasteiger partial charge in [-0.2, -0.15) is 0 Å². The molecule has 1 unspecified atom stereocenters. The number of carbonyl (C=O) groups excluding carboxylic acids is 1. The molecule has 0 bridgehead atoms. The van der Waals surface area contributed by atoms with Gasteiger partial charge in [-0.15, -0.1) is 0 Å². The van der Waals surface area contributed by atoms with E-state index >= 15 is 0 Å². The summed E-state index contributed by atoms with van der Waals surface area (Å²) in [6, 6.07) is 11.8. The molecule has 0 saturated heterocycles. The van der Waals surface area contributed by atoms with E-state index in [1.807, 2.05) is 6.92 Å². The van der Waals surface area contributed by atoms with Crippen molar-refractivity contribution in [2.45, 2.75) is 45.7 Å². The Morgan fingerprint density at radius 2 is 1.87 bits per heavy atom. The largest absolute Gasteiger partial charge is 0.346 e. The van der Waals surface area contributed by atoms with Gasteiger partial charge in [0, 0.05) is 18.3 Å². The minimum absolute atomic E-state index is 0.0639. The van der Waals surface area contributed by atoms with Gasteiger partial charge in [0.1, 0.15) is 0 Å². The number of rotatable bonds is 4. The average molecular weight is 311 g/mol. The van der Waals surface area contributed by atoms with E-state index in [2.05, 4.69) is 55.3 Å². The topological polar surface area (TPSA) is 68.0 Å². The highest BCUT2D eigenvalue weighted by molar-refractivity contribution is 5.94. The lowest BCUT2D eigenvalue weighted by Gasteiger charge is -2.20. The predicted molar refractivity (Wildman–Crippen MR) is 93.2 cm³/mol. The van der Waals surface area contributed by atoms with Crippen molar-refractivity contribution in [3.8, 4) is 0 Å². The Hall–Kier alpha value is -2.20. The Bertz CT molecular complexity index is 672. The zero-order valence-corrected chi connectivity index (χ0v) is 14.3. The van der Waals surface area contributed by atoms with E-state index in [0.717, 1.165) is 5.56 Å². The quantitative estimate of drug-likeness (QED) is 0.910. The third-order valence-corrected chi connectivity index (χ3v) is 3.91. The fraction of sp³-hybridized carbons (Fsp3) is 0.368. The molecular weight excluding hydrogens is 286 g/mol. The molecule has 1 amide bonds. The summed E-state index contributed by atoms with van der Waals surface area (Å²) in [5.74, 6) is -0.116. The Morgan fingerprint density at radius 1 is 1.22 bits per heavy atom. The number of amides is 1. The molecule has 4 nitrogen and oxygen atoms in total. The Labute approximate surface area is 138 Å². The molecule has 23 heavy (non-hydrogen) atoms. The maximum atomic E-state index is 12.3. The Morgan fingerprint density at radius 3 is 2.43 bits per heavy atom. The molecule has 0 fully saturated rings. The number of carbonyl (C=O) groups is 1. The summed E-state index contributed by atoms with van der Waals surface area (Å²) in [6.45, 7) is 8.86. The van der Waals surface area contributed by atoms with Gasteiger partial charge in [0.2, 0.25) is 0 Å². The van der Waals surface area contributed by atoms with Crippen LogP contribution >= 0.6 is 0 Å². The molecule has 0 aliphatic carbocycles. The Balaban J connectivity index is 2.09. The van der Waals surface area contributed by atoms with E-state index in [9.17, 15) is 4.79 Å². The van der Waals surface area contributed by atoms with E-state index in [4.69, 9.17) is 5.73 Å². The lowest BCUT2D eigenvalue weighted by atomic mass is 9.86. The first-order chi connectivity index (χ1) is 10.8. The molecule has 1 atom stereocenters. The summed E-state index contributed by atoms with van der Waals surface area (Å²) in [5.41, 5.74) is 9.34. The SMILES string of the molecule is CC(NC(=O)c1ccnc(CN)c1)c1ccc(C(C)(C)C)cc1. The summed E-state index contributed by atoms with van der Waals surface area (Å²) in [4.78, 5) is 16.4. The number of pyridine rings is 1. The molecule has 0 spiro atoms. The standard InChI is InChI=1S/C19H25N3O/c1-13(14-5-7-16(8-6-14)19(2,3)4)22-18(23)15-9-10-21-17(11-15)12-20/h5-11,13H,12,20H2,1-4H3,(H,22,23). The highest BCUT2D eigenvalue weighted by Crippen LogP contribution is 2.24. The highest BCUT2D eigenvalue weighted by Gasteiger charge is 2.15. The van der Waals surface area contributed by atoms with Crippen LogP contribution in [0.4, 0.5) is 0 Å². The first kappa shape index (κ1) is 17.2. The summed E-state index contributed by atoms with van der Waals surface area (Å²) in [7, 11) is 0. The molecule has 0 saturated carbocycles. The van der Waals surface area contributed by atoms with Crippen LogP contribution in [0.25, 0.3) is 0 Å². The van der Waals surface area contributed by atoms with Crippen LogP contribution in [0.15, 0.2) is 42.6 Å². The molecule has 2 rings (SSSR count). The van der Waals surface area contributed by atoms with Crippen LogP contribution in [0.3, 0.4) is 0 Å². The summed E-state index contributed by atoms with van der Waals surface area (Å²) >= 11 is 0. The molecule has 0 aliphatic heterocycles. The minimum atomic E-state index is -0.116. The van der Waals surface area contributed by atoms with Crippen molar-refractivity contribution in [3.63, 3.8) is 0 Å². The number of aromatic nitrogens is 1. The monoisotopic (exact) mass is 311 g/mol. The van der Waals surface area contributed by atoms with Gasteiger partial charge in [-0.25, -0.2) is 0 Å². The fourth-order valence-corrected chi connectivity index (χ4v) is 2.37. The molecular formula is C19H25N3O. The third-order valence-electron chi connectivity index (χ3n) is 3.91. The number of hydrogen-bond acceptors (Lipinski definition) is 3. The van der Waals surface area contributed by atoms with Crippen LogP contribution in [0.2, 0.25) is 0 Å². The second-order valence-corrected chi connectivity index (χ2v) is 6.81. The van der Waals surface area contributed by atoms with Crippen LogP contribution < -0.4 is 11.1 Å². The van der Waals surface area contributed by atoms with Crippen LogP contribution in [0.5, 0.6) is 0 Å². The van der Waals surface area contributed by atoms with E-state index < -0.39 is 0 Å². The van der Waals surface area contributed by atoms with Crippen LogP contribution in [0.1, 0.15) is 60.9 Å². The van der Waals surface area contributed by atoms with Crippen molar-refractivity contribution >= 4 is 5.91 Å². The van der Waals surface area contributed by atoms with Gasteiger partial charge in [-0.1, -0.05) is 45.0 Å². The first-order valence-electron chi connectivity index (χ1n) is 7.87. The molecule has 3 N–H and O–H groups in total. The summed E-state index contributed by atoms with van der Waals surface area (Å²) in [6.07, 6.45) is 1.61. The summed E-state index contributed by atoms with van der Waals surface area (Å²) in [5, 5.41) is 3.01.